The van der Waals surface area contributed by atoms with Crippen molar-refractivity contribution in [2.45, 2.75) is 18.8 Å². The molecule has 0 atom stereocenters. The predicted octanol–water partition coefficient (Wildman–Crippen LogP) is 2.44. The van der Waals surface area contributed by atoms with Crippen molar-refractivity contribution in [3.8, 4) is 5.75 Å². The Morgan fingerprint density at radius 2 is 2.22 bits per heavy atom. The van der Waals surface area contributed by atoms with Crippen LogP contribution in [-0.4, -0.2) is 35.6 Å². The molecule has 23 heavy (non-hydrogen) atoms. The first-order valence-electron chi connectivity index (χ1n) is 7.30. The number of carbonyl (C=O) groups is 1. The predicted molar refractivity (Wildman–Crippen MR) is 92.6 cm³/mol. The number of amides is 1. The molecule has 0 bridgehead atoms. The van der Waals surface area contributed by atoms with Crippen LogP contribution in [0.1, 0.15) is 23.6 Å². The first-order chi connectivity index (χ1) is 10.8. The lowest BCUT2D eigenvalue weighted by Gasteiger charge is -2.20. The van der Waals surface area contributed by atoms with Gasteiger partial charge in [0.15, 0.2) is 11.7 Å². The summed E-state index contributed by atoms with van der Waals surface area (Å²) in [5.74, 6) is 0.915. The third kappa shape index (κ3) is 5.16. The fraction of sp³-hybridized carbons (Fsp3) is 0.400. The molecule has 0 aliphatic carbocycles. The molecule has 1 saturated heterocycles. The number of nitrogens with zero attached hydrogens (tertiary/aromatic N) is 2. The zero-order chi connectivity index (χ0) is 15.2. The Balaban J connectivity index is 0.00000192. The van der Waals surface area contributed by atoms with Crippen LogP contribution in [0.25, 0.3) is 0 Å². The summed E-state index contributed by atoms with van der Waals surface area (Å²) in [6.07, 6.45) is 7.36. The summed E-state index contributed by atoms with van der Waals surface area (Å²) in [5.41, 5.74) is 0. The summed E-state index contributed by atoms with van der Waals surface area (Å²) in [6, 6.07) is 3.53. The molecule has 8 heteroatoms. The van der Waals surface area contributed by atoms with Crippen LogP contribution in [0.4, 0.5) is 5.13 Å². The van der Waals surface area contributed by atoms with Gasteiger partial charge in [-0.2, -0.15) is 0 Å². The molecule has 3 heterocycles. The number of carbonyl (C=O) groups excluding carboxylic acids is 1. The van der Waals surface area contributed by atoms with E-state index in [4.69, 9.17) is 4.74 Å². The van der Waals surface area contributed by atoms with E-state index in [9.17, 15) is 4.79 Å². The van der Waals surface area contributed by atoms with Crippen molar-refractivity contribution in [3.63, 3.8) is 0 Å². The first kappa shape index (κ1) is 17.7. The Morgan fingerprint density at radius 3 is 2.96 bits per heavy atom. The Morgan fingerprint density at radius 1 is 1.39 bits per heavy atom. The highest BCUT2D eigenvalue weighted by atomic mass is 35.5. The maximum atomic E-state index is 11.9. The summed E-state index contributed by atoms with van der Waals surface area (Å²) in [7, 11) is 0. The standard InChI is InChI=1S/C15H18N4O2S.ClH/c20-14(10-21-12-2-1-5-17-8-12)19-15-18-9-13(22-15)11-3-6-16-7-4-11;/h1-2,5,8-9,11,16H,3-4,6-7,10H2,(H,18,19,20);1H. The van der Waals surface area contributed by atoms with Gasteiger partial charge in [0, 0.05) is 17.3 Å². The SMILES string of the molecule is Cl.O=C(COc1cccnc1)Nc1ncc(C2CCNCC2)s1. The van der Waals surface area contributed by atoms with Gasteiger partial charge in [0.25, 0.3) is 5.91 Å². The van der Waals surface area contributed by atoms with Crippen LogP contribution < -0.4 is 15.4 Å². The lowest BCUT2D eigenvalue weighted by Crippen LogP contribution is -2.26. The van der Waals surface area contributed by atoms with Crippen molar-refractivity contribution in [3.05, 3.63) is 35.6 Å². The molecule has 2 aromatic rings. The maximum absolute atomic E-state index is 11.9. The average molecular weight is 355 g/mol. The van der Waals surface area contributed by atoms with Crippen molar-refractivity contribution in [2.75, 3.05) is 25.0 Å². The van der Waals surface area contributed by atoms with E-state index in [-0.39, 0.29) is 24.9 Å². The molecule has 0 spiro atoms. The quantitative estimate of drug-likeness (QED) is 0.862. The summed E-state index contributed by atoms with van der Waals surface area (Å²) >= 11 is 1.55. The van der Waals surface area contributed by atoms with Crippen molar-refractivity contribution >= 4 is 34.8 Å². The molecular formula is C15H19ClN4O2S. The fourth-order valence-electron chi connectivity index (χ4n) is 2.38. The fourth-order valence-corrected chi connectivity index (χ4v) is 3.38. The van der Waals surface area contributed by atoms with Crippen molar-refractivity contribution in [1.82, 2.24) is 15.3 Å². The molecule has 1 aliphatic heterocycles. The van der Waals surface area contributed by atoms with E-state index in [2.05, 4.69) is 20.6 Å². The van der Waals surface area contributed by atoms with Gasteiger partial charge < -0.3 is 10.1 Å². The topological polar surface area (TPSA) is 76.1 Å². The minimum absolute atomic E-state index is 0. The van der Waals surface area contributed by atoms with Gasteiger partial charge in [-0.15, -0.1) is 23.7 Å². The number of pyridine rings is 1. The monoisotopic (exact) mass is 354 g/mol. The molecule has 2 N–H and O–H groups in total. The Labute approximate surface area is 145 Å². The van der Waals surface area contributed by atoms with E-state index >= 15 is 0 Å². The smallest absolute Gasteiger partial charge is 0.264 e. The lowest BCUT2D eigenvalue weighted by molar-refractivity contribution is -0.118. The van der Waals surface area contributed by atoms with Gasteiger partial charge >= 0.3 is 0 Å². The minimum Gasteiger partial charge on any atom is -0.482 e. The molecule has 6 nitrogen and oxygen atoms in total. The van der Waals surface area contributed by atoms with Crippen LogP contribution in [-0.2, 0) is 4.79 Å². The van der Waals surface area contributed by atoms with Gasteiger partial charge in [-0.1, -0.05) is 0 Å². The summed E-state index contributed by atoms with van der Waals surface area (Å²) in [4.78, 5) is 21.3. The number of halogens is 1. The largest absolute Gasteiger partial charge is 0.482 e. The molecule has 124 valence electrons. The lowest BCUT2D eigenvalue weighted by atomic mass is 9.97. The van der Waals surface area contributed by atoms with E-state index in [1.54, 1.807) is 35.9 Å². The molecule has 1 aliphatic rings. The van der Waals surface area contributed by atoms with E-state index in [0.717, 1.165) is 25.9 Å². The van der Waals surface area contributed by atoms with Gasteiger partial charge in [-0.05, 0) is 44.0 Å². The second-order valence-electron chi connectivity index (χ2n) is 5.12. The van der Waals surface area contributed by atoms with Gasteiger partial charge in [0.1, 0.15) is 5.75 Å². The number of aromatic nitrogens is 2. The zero-order valence-corrected chi connectivity index (χ0v) is 14.2. The molecule has 1 fully saturated rings. The van der Waals surface area contributed by atoms with Gasteiger partial charge in [-0.3, -0.25) is 15.1 Å². The minimum atomic E-state index is -0.213. The number of hydrogen-bond donors (Lipinski definition) is 2. The number of anilines is 1. The Hall–Kier alpha value is -1.70. The van der Waals surface area contributed by atoms with Crippen LogP contribution in [0.5, 0.6) is 5.75 Å². The molecule has 1 amide bonds. The molecular weight excluding hydrogens is 336 g/mol. The van der Waals surface area contributed by atoms with Crippen LogP contribution in [0.15, 0.2) is 30.7 Å². The van der Waals surface area contributed by atoms with E-state index in [0.29, 0.717) is 16.8 Å². The normalized spacial score (nSPS) is 14.8. The van der Waals surface area contributed by atoms with Gasteiger partial charge in [-0.25, -0.2) is 4.98 Å². The van der Waals surface area contributed by atoms with Crippen LogP contribution in [0, 0.1) is 0 Å². The second kappa shape index (κ2) is 8.81. The third-order valence-corrected chi connectivity index (χ3v) is 4.59. The zero-order valence-electron chi connectivity index (χ0n) is 12.5. The summed E-state index contributed by atoms with van der Waals surface area (Å²) < 4.78 is 5.36. The van der Waals surface area contributed by atoms with Crippen molar-refractivity contribution < 1.29 is 9.53 Å². The molecule has 0 radical (unpaired) electrons. The Kier molecular flexibility index (Phi) is 6.76. The number of rotatable bonds is 5. The number of piperidine rings is 1. The van der Waals surface area contributed by atoms with E-state index in [1.807, 2.05) is 6.20 Å². The highest BCUT2D eigenvalue weighted by Gasteiger charge is 2.18. The van der Waals surface area contributed by atoms with Crippen LogP contribution >= 0.6 is 23.7 Å². The van der Waals surface area contributed by atoms with Crippen molar-refractivity contribution in [2.24, 2.45) is 0 Å². The third-order valence-electron chi connectivity index (χ3n) is 3.52. The van der Waals surface area contributed by atoms with Gasteiger partial charge in [0.05, 0.1) is 6.20 Å². The highest BCUT2D eigenvalue weighted by Crippen LogP contribution is 2.31. The maximum Gasteiger partial charge on any atom is 0.264 e. The molecule has 0 aromatic carbocycles. The highest BCUT2D eigenvalue weighted by molar-refractivity contribution is 7.15. The molecule has 3 rings (SSSR count). The van der Waals surface area contributed by atoms with Crippen LogP contribution in [0.3, 0.4) is 0 Å². The summed E-state index contributed by atoms with van der Waals surface area (Å²) in [6.45, 7) is 2.04. The molecule has 2 aromatic heterocycles. The number of thiazole rings is 1. The molecule has 0 saturated carbocycles. The number of ether oxygens (including phenoxy) is 1. The van der Waals surface area contributed by atoms with E-state index < -0.39 is 0 Å². The second-order valence-corrected chi connectivity index (χ2v) is 6.18. The van der Waals surface area contributed by atoms with E-state index in [1.165, 1.54) is 4.88 Å². The summed E-state index contributed by atoms with van der Waals surface area (Å²) in [5, 5.41) is 6.76. The number of nitrogens with one attached hydrogen (secondary N) is 2. The van der Waals surface area contributed by atoms with Gasteiger partial charge in [0.2, 0.25) is 0 Å². The average Bonchev–Trinajstić information content (AvgIpc) is 3.03. The Bertz CT molecular complexity index is 617. The first-order valence-corrected chi connectivity index (χ1v) is 8.12. The van der Waals surface area contributed by atoms with Crippen LogP contribution in [0.2, 0.25) is 0 Å². The number of hydrogen-bond acceptors (Lipinski definition) is 6. The molecule has 0 unspecified atom stereocenters. The van der Waals surface area contributed by atoms with Crippen molar-refractivity contribution in [1.29, 1.82) is 0 Å².